The first-order valence-electron chi connectivity index (χ1n) is 2.83. The summed E-state index contributed by atoms with van der Waals surface area (Å²) in [6.45, 7) is 0. The predicted octanol–water partition coefficient (Wildman–Crippen LogP) is -4.62. The second-order valence-electron chi connectivity index (χ2n) is 1.84. The molecule has 0 saturated carbocycles. The van der Waals surface area contributed by atoms with Gasteiger partial charge in [-0.3, -0.25) is 0 Å². The van der Waals surface area contributed by atoms with Gasteiger partial charge in [-0.25, -0.2) is 0 Å². The van der Waals surface area contributed by atoms with Crippen molar-refractivity contribution >= 4 is 39.4 Å². The minimum atomic E-state index is -1.73. The van der Waals surface area contributed by atoms with Crippen molar-refractivity contribution in [1.29, 1.82) is 0 Å². The first-order valence-corrected chi connectivity index (χ1v) is 2.83. The maximum absolute atomic E-state index is 10.5. The van der Waals surface area contributed by atoms with Crippen molar-refractivity contribution in [3.8, 4) is 0 Å². The summed E-state index contributed by atoms with van der Waals surface area (Å²) in [5.74, 6) is 0. The van der Waals surface area contributed by atoms with E-state index in [4.69, 9.17) is 0 Å². The molecular formula is B4BeO7. The third kappa shape index (κ3) is 2.09. The zero-order chi connectivity index (χ0) is 7.84. The van der Waals surface area contributed by atoms with Gasteiger partial charge in [-0.1, -0.05) is 0 Å². The van der Waals surface area contributed by atoms with Crippen LogP contribution in [0.25, 0.3) is 0 Å². The summed E-state index contributed by atoms with van der Waals surface area (Å²) >= 11 is 0. The SMILES string of the molecule is [Be+2].[O-]B1OB2OB([O-])OB(O1)O2. The van der Waals surface area contributed by atoms with Crippen LogP contribution in [-0.2, 0) is 22.9 Å². The standard InChI is InChI=1S/B4O7.Be/c5-1-7-3-9-2(6)10-4(8-1)11-3;/q-2;+2. The quantitative estimate of drug-likeness (QED) is 0.332. The van der Waals surface area contributed by atoms with Crippen LogP contribution in [0.5, 0.6) is 0 Å². The van der Waals surface area contributed by atoms with Crippen molar-refractivity contribution in [2.24, 2.45) is 0 Å². The molecule has 2 fully saturated rings. The van der Waals surface area contributed by atoms with Crippen LogP contribution in [0.3, 0.4) is 0 Å². The van der Waals surface area contributed by atoms with Crippen LogP contribution in [0.1, 0.15) is 0 Å². The number of hydrogen-bond acceptors (Lipinski definition) is 7. The molecule has 0 spiro atoms. The van der Waals surface area contributed by atoms with E-state index in [2.05, 4.69) is 22.9 Å². The molecule has 2 rings (SSSR count). The van der Waals surface area contributed by atoms with Gasteiger partial charge in [0, 0.05) is 0 Å². The van der Waals surface area contributed by atoms with Crippen molar-refractivity contribution in [2.75, 3.05) is 0 Å². The third-order valence-electron chi connectivity index (χ3n) is 1.11. The summed E-state index contributed by atoms with van der Waals surface area (Å²) in [4.78, 5) is 0. The molecule has 2 bridgehead atoms. The fraction of sp³-hybridized carbons (Fsp3) is 0. The fourth-order valence-corrected chi connectivity index (χ4v) is 0.710. The first kappa shape index (κ1) is 10.2. The van der Waals surface area contributed by atoms with Gasteiger partial charge in [-0.15, -0.1) is 0 Å². The third-order valence-corrected chi connectivity index (χ3v) is 1.11. The Labute approximate surface area is 73.2 Å². The van der Waals surface area contributed by atoms with Crippen molar-refractivity contribution in [2.45, 2.75) is 0 Å². The monoisotopic (exact) mass is 165 g/mol. The Kier molecular flexibility index (Phi) is 3.33. The van der Waals surface area contributed by atoms with E-state index in [1.165, 1.54) is 0 Å². The summed E-state index contributed by atoms with van der Waals surface area (Å²) in [5.41, 5.74) is 0. The molecule has 12 heavy (non-hydrogen) atoms. The van der Waals surface area contributed by atoms with Crippen LogP contribution in [0.4, 0.5) is 0 Å². The van der Waals surface area contributed by atoms with Gasteiger partial charge in [0.2, 0.25) is 0 Å². The Balaban J connectivity index is 0.000000720. The Hall–Kier alpha value is 0.149. The van der Waals surface area contributed by atoms with Crippen molar-refractivity contribution in [3.05, 3.63) is 0 Å². The van der Waals surface area contributed by atoms with Crippen LogP contribution in [0.15, 0.2) is 0 Å². The second-order valence-corrected chi connectivity index (χ2v) is 1.84. The normalized spacial score (nSPS) is 22.5. The molecule has 12 heteroatoms. The Morgan fingerprint density at radius 1 is 0.667 bits per heavy atom. The van der Waals surface area contributed by atoms with Crippen molar-refractivity contribution in [1.82, 2.24) is 0 Å². The molecular weight excluding hydrogens is 164 g/mol. The van der Waals surface area contributed by atoms with Crippen molar-refractivity contribution in [3.63, 3.8) is 0 Å². The van der Waals surface area contributed by atoms with Crippen LogP contribution in [0, 0.1) is 0 Å². The van der Waals surface area contributed by atoms with Crippen LogP contribution < -0.4 is 10.0 Å². The van der Waals surface area contributed by atoms with Gasteiger partial charge >= 0.3 is 39.4 Å². The molecule has 2 aliphatic rings. The van der Waals surface area contributed by atoms with Crippen LogP contribution in [-0.4, -0.2) is 39.4 Å². The molecule has 56 valence electrons. The molecule has 0 aromatic heterocycles. The van der Waals surface area contributed by atoms with Gasteiger partial charge in [0.05, 0.1) is 0 Å². The van der Waals surface area contributed by atoms with Gasteiger partial charge in [-0.05, 0) is 0 Å². The molecule has 0 aromatic rings. The molecule has 0 atom stereocenters. The van der Waals surface area contributed by atoms with E-state index in [9.17, 15) is 10.0 Å². The van der Waals surface area contributed by atoms with Crippen LogP contribution >= 0.6 is 0 Å². The van der Waals surface area contributed by atoms with Crippen molar-refractivity contribution < 1.29 is 32.9 Å². The fourth-order valence-electron chi connectivity index (χ4n) is 0.710. The number of fused-ring (bicyclic) bond motifs is 2. The molecule has 0 amide bonds. The molecule has 0 N–H and O–H groups in total. The van der Waals surface area contributed by atoms with E-state index < -0.39 is 29.3 Å². The number of hydrogen-bond donors (Lipinski definition) is 0. The predicted molar refractivity (Wildman–Crippen MR) is 34.2 cm³/mol. The topological polar surface area (TPSA) is 92.3 Å². The summed E-state index contributed by atoms with van der Waals surface area (Å²) in [7, 11) is -6.00. The molecule has 0 radical (unpaired) electrons. The number of rotatable bonds is 0. The largest absolute Gasteiger partial charge is 2.00 e. The summed E-state index contributed by atoms with van der Waals surface area (Å²) in [6.07, 6.45) is 0. The van der Waals surface area contributed by atoms with Gasteiger partial charge in [0.1, 0.15) is 0 Å². The first-order chi connectivity index (χ1) is 5.24. The maximum atomic E-state index is 10.5. The van der Waals surface area contributed by atoms with Crippen LogP contribution in [0.2, 0.25) is 0 Å². The molecule has 0 aromatic carbocycles. The smallest absolute Gasteiger partial charge is 0.833 e. The molecule has 2 aliphatic heterocycles. The zero-order valence-electron chi connectivity index (χ0n) is 5.87. The van der Waals surface area contributed by atoms with Gasteiger partial charge < -0.3 is 32.9 Å². The molecule has 0 aliphatic carbocycles. The second kappa shape index (κ2) is 3.90. The summed E-state index contributed by atoms with van der Waals surface area (Å²) in [5, 5.41) is 21.0. The van der Waals surface area contributed by atoms with E-state index in [-0.39, 0.29) is 10.1 Å². The van der Waals surface area contributed by atoms with Gasteiger partial charge in [0.15, 0.2) is 0 Å². The minimum absolute atomic E-state index is 0. The van der Waals surface area contributed by atoms with E-state index in [1.807, 2.05) is 0 Å². The maximum Gasteiger partial charge on any atom is 2.00 e. The van der Waals surface area contributed by atoms with E-state index in [0.29, 0.717) is 0 Å². The molecule has 2 heterocycles. The summed E-state index contributed by atoms with van der Waals surface area (Å²) in [6, 6.07) is 0. The zero-order valence-corrected chi connectivity index (χ0v) is 5.87. The average Bonchev–Trinajstić information content (AvgIpc) is 1.82. The minimum Gasteiger partial charge on any atom is -0.833 e. The molecule has 0 unspecified atom stereocenters. The van der Waals surface area contributed by atoms with Gasteiger partial charge in [0.25, 0.3) is 0 Å². The Morgan fingerprint density at radius 3 is 1.33 bits per heavy atom. The van der Waals surface area contributed by atoms with Gasteiger partial charge in [-0.2, -0.15) is 0 Å². The van der Waals surface area contributed by atoms with E-state index in [0.717, 1.165) is 0 Å². The summed E-state index contributed by atoms with van der Waals surface area (Å²) < 4.78 is 21.9. The average molecular weight is 164 g/mol. The Morgan fingerprint density at radius 2 is 1.00 bits per heavy atom. The Bertz CT molecular complexity index is 121. The van der Waals surface area contributed by atoms with E-state index in [1.54, 1.807) is 0 Å². The van der Waals surface area contributed by atoms with E-state index >= 15 is 0 Å². The molecule has 2 saturated heterocycles. The molecule has 7 nitrogen and oxygen atoms in total.